The van der Waals surface area contributed by atoms with Crippen LogP contribution in [0.25, 0.3) is 0 Å². The number of nitrogens with one attached hydrogen (secondary N) is 1. The molecular formula is C13H15N3OS. The number of nitrogen functional groups attached to an aromatic ring is 1. The maximum Gasteiger partial charge on any atom is 0.271 e. The van der Waals surface area contributed by atoms with E-state index in [1.807, 2.05) is 32.0 Å². The van der Waals surface area contributed by atoms with Gasteiger partial charge in [0.05, 0.1) is 6.04 Å². The molecule has 1 heterocycles. The second kappa shape index (κ2) is 5.18. The number of rotatable bonds is 3. The largest absolute Gasteiger partial charge is 0.375 e. The molecule has 0 radical (unpaired) electrons. The summed E-state index contributed by atoms with van der Waals surface area (Å²) in [7, 11) is 0. The minimum absolute atomic E-state index is 0.0553. The number of amides is 1. The maximum atomic E-state index is 11.9. The lowest BCUT2D eigenvalue weighted by atomic mass is 10.1. The number of hydrogen-bond donors (Lipinski definition) is 2. The van der Waals surface area contributed by atoms with Gasteiger partial charge < -0.3 is 11.1 Å². The summed E-state index contributed by atoms with van der Waals surface area (Å²) in [6, 6.07) is 8.00. The predicted molar refractivity (Wildman–Crippen MR) is 73.6 cm³/mol. The molecule has 1 aromatic heterocycles. The van der Waals surface area contributed by atoms with Crippen LogP contribution in [0.3, 0.4) is 0 Å². The molecule has 0 saturated carbocycles. The zero-order valence-electron chi connectivity index (χ0n) is 10.3. The Hall–Kier alpha value is -1.88. The summed E-state index contributed by atoms with van der Waals surface area (Å²) in [6.07, 6.45) is 0. The summed E-state index contributed by atoms with van der Waals surface area (Å²) in [6.45, 7) is 3.97. The molecule has 0 aliphatic carbocycles. The molecule has 0 unspecified atom stereocenters. The molecule has 1 aromatic carbocycles. The van der Waals surface area contributed by atoms with Gasteiger partial charge in [-0.05, 0) is 19.4 Å². The van der Waals surface area contributed by atoms with E-state index in [-0.39, 0.29) is 11.9 Å². The van der Waals surface area contributed by atoms with Gasteiger partial charge in [-0.2, -0.15) is 0 Å². The molecule has 1 amide bonds. The molecular weight excluding hydrogens is 246 g/mol. The van der Waals surface area contributed by atoms with E-state index in [9.17, 15) is 4.79 Å². The molecule has 0 aliphatic heterocycles. The van der Waals surface area contributed by atoms with Crippen LogP contribution in [0.2, 0.25) is 0 Å². The zero-order valence-corrected chi connectivity index (χ0v) is 11.1. The van der Waals surface area contributed by atoms with Gasteiger partial charge >= 0.3 is 0 Å². The summed E-state index contributed by atoms with van der Waals surface area (Å²) in [5, 5.41) is 4.97. The van der Waals surface area contributed by atoms with Gasteiger partial charge in [-0.1, -0.05) is 29.8 Å². The number of benzene rings is 1. The highest BCUT2D eigenvalue weighted by Crippen LogP contribution is 2.16. The molecule has 0 saturated heterocycles. The number of thiazole rings is 1. The molecule has 18 heavy (non-hydrogen) atoms. The van der Waals surface area contributed by atoms with Crippen LogP contribution in [0.15, 0.2) is 29.6 Å². The average Bonchev–Trinajstić information content (AvgIpc) is 2.76. The van der Waals surface area contributed by atoms with Crippen molar-refractivity contribution in [1.82, 2.24) is 10.3 Å². The van der Waals surface area contributed by atoms with Gasteiger partial charge in [-0.15, -0.1) is 11.3 Å². The average molecular weight is 261 g/mol. The van der Waals surface area contributed by atoms with E-state index in [4.69, 9.17) is 5.73 Å². The van der Waals surface area contributed by atoms with Crippen molar-refractivity contribution in [2.75, 3.05) is 5.73 Å². The summed E-state index contributed by atoms with van der Waals surface area (Å²) in [5.41, 5.74) is 8.13. The fourth-order valence-corrected chi connectivity index (χ4v) is 2.23. The number of hydrogen-bond acceptors (Lipinski definition) is 4. The first-order valence-electron chi connectivity index (χ1n) is 5.64. The zero-order chi connectivity index (χ0) is 13.1. The number of carbonyl (C=O) groups is 1. The highest BCUT2D eigenvalue weighted by Gasteiger charge is 2.13. The van der Waals surface area contributed by atoms with Gasteiger partial charge in [-0.25, -0.2) is 4.98 Å². The summed E-state index contributed by atoms with van der Waals surface area (Å²) >= 11 is 1.26. The van der Waals surface area contributed by atoms with Crippen LogP contribution < -0.4 is 11.1 Å². The third kappa shape index (κ3) is 2.87. The molecule has 4 nitrogen and oxygen atoms in total. The van der Waals surface area contributed by atoms with Crippen molar-refractivity contribution >= 4 is 22.4 Å². The molecule has 1 atom stereocenters. The van der Waals surface area contributed by atoms with E-state index in [1.54, 1.807) is 5.38 Å². The maximum absolute atomic E-state index is 11.9. The van der Waals surface area contributed by atoms with Gasteiger partial charge in [0.2, 0.25) is 0 Å². The van der Waals surface area contributed by atoms with E-state index >= 15 is 0 Å². The van der Waals surface area contributed by atoms with Gasteiger partial charge in [0.15, 0.2) is 5.13 Å². The quantitative estimate of drug-likeness (QED) is 0.892. The molecule has 2 rings (SSSR count). The molecule has 0 bridgehead atoms. The van der Waals surface area contributed by atoms with Crippen molar-refractivity contribution in [1.29, 1.82) is 0 Å². The van der Waals surface area contributed by atoms with Crippen molar-refractivity contribution in [2.24, 2.45) is 0 Å². The van der Waals surface area contributed by atoms with E-state index in [0.717, 1.165) is 5.56 Å². The van der Waals surface area contributed by atoms with Crippen LogP contribution in [0, 0.1) is 6.92 Å². The van der Waals surface area contributed by atoms with E-state index < -0.39 is 0 Å². The Labute approximate surface area is 110 Å². The van der Waals surface area contributed by atoms with E-state index in [1.165, 1.54) is 16.9 Å². The lowest BCUT2D eigenvalue weighted by Gasteiger charge is -2.13. The molecule has 5 heteroatoms. The Kier molecular flexibility index (Phi) is 3.62. The predicted octanol–water partition coefficient (Wildman–Crippen LogP) is 2.52. The Balaban J connectivity index is 2.07. The minimum Gasteiger partial charge on any atom is -0.375 e. The number of nitrogens with zero attached hydrogens (tertiary/aromatic N) is 1. The summed E-state index contributed by atoms with van der Waals surface area (Å²) in [5.74, 6) is -0.197. The summed E-state index contributed by atoms with van der Waals surface area (Å²) in [4.78, 5) is 15.9. The smallest absolute Gasteiger partial charge is 0.271 e. The SMILES string of the molecule is Cc1cccc([C@@H](C)NC(=O)c2csc(N)n2)c1. The first-order chi connectivity index (χ1) is 8.56. The van der Waals surface area contributed by atoms with Crippen molar-refractivity contribution in [2.45, 2.75) is 19.9 Å². The first kappa shape index (κ1) is 12.6. The van der Waals surface area contributed by atoms with Crippen LogP contribution in [0.4, 0.5) is 5.13 Å². The van der Waals surface area contributed by atoms with Gasteiger partial charge in [0, 0.05) is 5.38 Å². The lowest BCUT2D eigenvalue weighted by Crippen LogP contribution is -2.26. The number of nitrogens with two attached hydrogens (primary N) is 1. The third-order valence-corrected chi connectivity index (χ3v) is 3.32. The van der Waals surface area contributed by atoms with Crippen molar-refractivity contribution < 1.29 is 4.79 Å². The highest BCUT2D eigenvalue weighted by atomic mass is 32.1. The number of aryl methyl sites for hydroxylation is 1. The van der Waals surface area contributed by atoms with Crippen LogP contribution in [-0.2, 0) is 0 Å². The van der Waals surface area contributed by atoms with Crippen molar-refractivity contribution in [3.63, 3.8) is 0 Å². The minimum atomic E-state index is -0.197. The van der Waals surface area contributed by atoms with E-state index in [2.05, 4.69) is 16.4 Å². The Morgan fingerprint density at radius 2 is 2.28 bits per heavy atom. The fourth-order valence-electron chi connectivity index (χ4n) is 1.69. The van der Waals surface area contributed by atoms with Crippen molar-refractivity contribution in [3.05, 3.63) is 46.5 Å². The number of carbonyl (C=O) groups excluding carboxylic acids is 1. The van der Waals surface area contributed by atoms with E-state index in [0.29, 0.717) is 10.8 Å². The van der Waals surface area contributed by atoms with Crippen molar-refractivity contribution in [3.8, 4) is 0 Å². The fraction of sp³-hybridized carbons (Fsp3) is 0.231. The third-order valence-electron chi connectivity index (χ3n) is 2.64. The lowest BCUT2D eigenvalue weighted by molar-refractivity contribution is 0.0935. The second-order valence-electron chi connectivity index (χ2n) is 4.18. The standard InChI is InChI=1S/C13H15N3OS/c1-8-4-3-5-10(6-8)9(2)15-12(17)11-7-18-13(14)16-11/h3-7,9H,1-2H3,(H2,14,16)(H,15,17)/t9-/m1/s1. The Bertz CT molecular complexity index is 565. The normalized spacial score (nSPS) is 12.1. The molecule has 94 valence electrons. The summed E-state index contributed by atoms with van der Waals surface area (Å²) < 4.78 is 0. The van der Waals surface area contributed by atoms with Gasteiger partial charge in [0.25, 0.3) is 5.91 Å². The molecule has 0 fully saturated rings. The van der Waals surface area contributed by atoms with Crippen LogP contribution in [-0.4, -0.2) is 10.9 Å². The Morgan fingerprint density at radius 3 is 2.89 bits per heavy atom. The number of anilines is 1. The van der Waals surface area contributed by atoms with Crippen LogP contribution in [0.1, 0.15) is 34.6 Å². The highest BCUT2D eigenvalue weighted by molar-refractivity contribution is 7.13. The topological polar surface area (TPSA) is 68.0 Å². The molecule has 0 aliphatic rings. The van der Waals surface area contributed by atoms with Crippen LogP contribution >= 0.6 is 11.3 Å². The molecule has 3 N–H and O–H groups in total. The second-order valence-corrected chi connectivity index (χ2v) is 5.07. The Morgan fingerprint density at radius 1 is 1.50 bits per heavy atom. The number of aromatic nitrogens is 1. The molecule has 0 spiro atoms. The van der Waals surface area contributed by atoms with Gasteiger partial charge in [0.1, 0.15) is 5.69 Å². The van der Waals surface area contributed by atoms with Gasteiger partial charge in [-0.3, -0.25) is 4.79 Å². The van der Waals surface area contributed by atoms with Crippen LogP contribution in [0.5, 0.6) is 0 Å². The molecule has 2 aromatic rings. The monoisotopic (exact) mass is 261 g/mol. The first-order valence-corrected chi connectivity index (χ1v) is 6.52.